The van der Waals surface area contributed by atoms with Crippen molar-refractivity contribution in [2.24, 2.45) is 0 Å². The van der Waals surface area contributed by atoms with E-state index in [2.05, 4.69) is 20.4 Å². The van der Waals surface area contributed by atoms with Crippen LogP contribution in [0.2, 0.25) is 0 Å². The van der Waals surface area contributed by atoms with Gasteiger partial charge >= 0.3 is 0 Å². The van der Waals surface area contributed by atoms with E-state index >= 15 is 0 Å². The molecule has 0 radical (unpaired) electrons. The van der Waals surface area contributed by atoms with Crippen molar-refractivity contribution < 1.29 is 9.53 Å². The lowest BCUT2D eigenvalue weighted by molar-refractivity contribution is -0.148. The van der Waals surface area contributed by atoms with Gasteiger partial charge in [0.2, 0.25) is 5.91 Å². The molecule has 2 aromatic heterocycles. The number of carbonyl (C=O) groups is 1. The Balaban J connectivity index is 1.30. The van der Waals surface area contributed by atoms with E-state index in [-0.39, 0.29) is 24.2 Å². The van der Waals surface area contributed by atoms with Gasteiger partial charge in [0.1, 0.15) is 5.65 Å². The lowest BCUT2D eigenvalue weighted by Gasteiger charge is -2.41. The van der Waals surface area contributed by atoms with Crippen molar-refractivity contribution in [3.8, 4) is 0 Å². The van der Waals surface area contributed by atoms with E-state index in [0.717, 1.165) is 44.1 Å². The van der Waals surface area contributed by atoms with Gasteiger partial charge in [-0.15, -0.1) is 0 Å². The average molecular weight is 386 g/mol. The number of amides is 1. The minimum atomic E-state index is -0.0742. The SMILES string of the molecule is C[C@@H]1CN(C(=O)[C@H](C)N2CCN(Cc3cn4ccccc4n3)CC2)C[C@@H](C)O1. The van der Waals surface area contributed by atoms with Gasteiger partial charge in [0.05, 0.1) is 23.9 Å². The molecule has 2 aromatic rings. The molecule has 152 valence electrons. The Morgan fingerprint density at radius 2 is 1.89 bits per heavy atom. The molecule has 0 N–H and O–H groups in total. The van der Waals surface area contributed by atoms with E-state index in [1.807, 2.05) is 50.1 Å². The summed E-state index contributed by atoms with van der Waals surface area (Å²) in [6.45, 7) is 12.1. The van der Waals surface area contributed by atoms with Crippen molar-refractivity contribution in [2.75, 3.05) is 39.3 Å². The van der Waals surface area contributed by atoms with Crippen LogP contribution in [0, 0.1) is 0 Å². The molecule has 2 saturated heterocycles. The molecular formula is C21H31N5O2. The molecule has 3 atom stereocenters. The van der Waals surface area contributed by atoms with Crippen LogP contribution in [0.5, 0.6) is 0 Å². The first-order valence-corrected chi connectivity index (χ1v) is 10.3. The summed E-state index contributed by atoms with van der Waals surface area (Å²) in [5, 5.41) is 0. The van der Waals surface area contributed by atoms with Gasteiger partial charge in [-0.3, -0.25) is 14.6 Å². The summed E-state index contributed by atoms with van der Waals surface area (Å²) in [7, 11) is 0. The van der Waals surface area contributed by atoms with Gasteiger partial charge in [0.25, 0.3) is 0 Å². The number of carbonyl (C=O) groups excluding carboxylic acids is 1. The lowest BCUT2D eigenvalue weighted by Crippen LogP contribution is -2.57. The van der Waals surface area contributed by atoms with Gasteiger partial charge in [-0.2, -0.15) is 0 Å². The fourth-order valence-electron chi connectivity index (χ4n) is 4.38. The summed E-state index contributed by atoms with van der Waals surface area (Å²) in [6, 6.07) is 5.99. The van der Waals surface area contributed by atoms with Crippen LogP contribution in [0.1, 0.15) is 26.5 Å². The molecule has 1 amide bonds. The molecule has 2 aliphatic heterocycles. The molecule has 0 unspecified atom stereocenters. The van der Waals surface area contributed by atoms with E-state index in [1.54, 1.807) is 0 Å². The van der Waals surface area contributed by atoms with Gasteiger partial charge in [-0.05, 0) is 32.9 Å². The van der Waals surface area contributed by atoms with Crippen LogP contribution in [0.3, 0.4) is 0 Å². The third-order valence-electron chi connectivity index (χ3n) is 5.84. The van der Waals surface area contributed by atoms with E-state index in [0.29, 0.717) is 13.1 Å². The number of pyridine rings is 1. The van der Waals surface area contributed by atoms with Gasteiger partial charge < -0.3 is 14.0 Å². The molecule has 7 heteroatoms. The lowest BCUT2D eigenvalue weighted by atomic mass is 10.1. The summed E-state index contributed by atoms with van der Waals surface area (Å²) in [6.07, 6.45) is 4.36. The fraction of sp³-hybridized carbons (Fsp3) is 0.619. The molecule has 0 spiro atoms. The highest BCUT2D eigenvalue weighted by Gasteiger charge is 2.32. The number of rotatable bonds is 4. The van der Waals surface area contributed by atoms with Crippen LogP contribution >= 0.6 is 0 Å². The molecule has 7 nitrogen and oxygen atoms in total. The third kappa shape index (κ3) is 4.21. The highest BCUT2D eigenvalue weighted by atomic mass is 16.5. The summed E-state index contributed by atoms with van der Waals surface area (Å²) in [5.41, 5.74) is 2.09. The molecule has 2 aliphatic rings. The second-order valence-corrected chi connectivity index (χ2v) is 8.19. The number of nitrogens with zero attached hydrogens (tertiary/aromatic N) is 5. The van der Waals surface area contributed by atoms with Crippen molar-refractivity contribution in [1.29, 1.82) is 0 Å². The fourth-order valence-corrected chi connectivity index (χ4v) is 4.38. The molecule has 0 aliphatic carbocycles. The highest BCUT2D eigenvalue weighted by Crippen LogP contribution is 2.16. The molecule has 0 bridgehead atoms. The Morgan fingerprint density at radius 1 is 1.18 bits per heavy atom. The van der Waals surface area contributed by atoms with Crippen LogP contribution in [0.4, 0.5) is 0 Å². The van der Waals surface area contributed by atoms with Crippen LogP contribution in [0.15, 0.2) is 30.6 Å². The number of ether oxygens (including phenoxy) is 1. The molecule has 2 fully saturated rings. The molecule has 0 aromatic carbocycles. The number of hydrogen-bond donors (Lipinski definition) is 0. The van der Waals surface area contributed by atoms with Gasteiger partial charge in [-0.1, -0.05) is 6.07 Å². The maximum absolute atomic E-state index is 13.0. The first-order valence-electron chi connectivity index (χ1n) is 10.3. The monoisotopic (exact) mass is 385 g/mol. The molecule has 4 heterocycles. The Morgan fingerprint density at radius 3 is 2.57 bits per heavy atom. The van der Waals surface area contributed by atoms with Gasteiger partial charge in [-0.25, -0.2) is 4.98 Å². The van der Waals surface area contributed by atoms with Crippen molar-refractivity contribution in [1.82, 2.24) is 24.1 Å². The van der Waals surface area contributed by atoms with E-state index in [9.17, 15) is 4.79 Å². The quantitative estimate of drug-likeness (QED) is 0.798. The second kappa shape index (κ2) is 8.19. The number of aromatic nitrogens is 2. The zero-order valence-electron chi connectivity index (χ0n) is 17.1. The number of piperazine rings is 1. The first kappa shape index (κ1) is 19.4. The topological polar surface area (TPSA) is 53.3 Å². The van der Waals surface area contributed by atoms with Crippen molar-refractivity contribution >= 4 is 11.6 Å². The Labute approximate surface area is 166 Å². The Hall–Kier alpha value is -1.96. The molecular weight excluding hydrogens is 354 g/mol. The van der Waals surface area contributed by atoms with Crippen molar-refractivity contribution in [3.63, 3.8) is 0 Å². The maximum Gasteiger partial charge on any atom is 0.239 e. The molecule has 0 saturated carbocycles. The second-order valence-electron chi connectivity index (χ2n) is 8.19. The van der Waals surface area contributed by atoms with Crippen LogP contribution < -0.4 is 0 Å². The third-order valence-corrected chi connectivity index (χ3v) is 5.84. The normalized spacial score (nSPS) is 25.9. The molecule has 28 heavy (non-hydrogen) atoms. The first-order chi connectivity index (χ1) is 13.5. The number of fused-ring (bicyclic) bond motifs is 1. The predicted octanol–water partition coefficient (Wildman–Crippen LogP) is 1.48. The molecule has 4 rings (SSSR count). The largest absolute Gasteiger partial charge is 0.372 e. The predicted molar refractivity (Wildman–Crippen MR) is 108 cm³/mol. The van der Waals surface area contributed by atoms with Crippen LogP contribution in [-0.4, -0.2) is 87.5 Å². The Kier molecular flexibility index (Phi) is 5.66. The van der Waals surface area contributed by atoms with Crippen molar-refractivity contribution in [3.05, 3.63) is 36.3 Å². The van der Waals surface area contributed by atoms with E-state index < -0.39 is 0 Å². The van der Waals surface area contributed by atoms with Gasteiger partial charge in [0.15, 0.2) is 0 Å². The average Bonchev–Trinajstić information content (AvgIpc) is 3.09. The summed E-state index contributed by atoms with van der Waals surface area (Å²) >= 11 is 0. The Bertz CT molecular complexity index is 771. The number of hydrogen-bond acceptors (Lipinski definition) is 5. The minimum Gasteiger partial charge on any atom is -0.372 e. The standard InChI is InChI=1S/C21H31N5O2/c1-16-12-26(13-17(2)28-16)21(27)18(3)24-10-8-23(9-11-24)14-19-15-25-7-5-4-6-20(25)22-19/h4-7,15-18H,8-14H2,1-3H3/t16-,17-,18+/m1/s1. The number of morpholine rings is 1. The van der Waals surface area contributed by atoms with Gasteiger partial charge in [0, 0.05) is 58.2 Å². The van der Waals surface area contributed by atoms with E-state index in [4.69, 9.17) is 9.72 Å². The smallest absolute Gasteiger partial charge is 0.239 e. The summed E-state index contributed by atoms with van der Waals surface area (Å²) in [5.74, 6) is 0.232. The van der Waals surface area contributed by atoms with Crippen LogP contribution in [0.25, 0.3) is 5.65 Å². The van der Waals surface area contributed by atoms with Crippen molar-refractivity contribution in [2.45, 2.75) is 45.6 Å². The summed E-state index contributed by atoms with van der Waals surface area (Å²) in [4.78, 5) is 24.4. The zero-order valence-corrected chi connectivity index (χ0v) is 17.1. The number of imidazole rings is 1. The maximum atomic E-state index is 13.0. The minimum absolute atomic E-state index is 0.0742. The highest BCUT2D eigenvalue weighted by molar-refractivity contribution is 5.81. The zero-order chi connectivity index (χ0) is 19.7. The summed E-state index contributed by atoms with van der Waals surface area (Å²) < 4.78 is 7.83. The van der Waals surface area contributed by atoms with E-state index in [1.165, 1.54) is 0 Å². The van der Waals surface area contributed by atoms with Crippen LogP contribution in [-0.2, 0) is 16.1 Å².